The van der Waals surface area contributed by atoms with Gasteiger partial charge in [-0.15, -0.1) is 0 Å². The second kappa shape index (κ2) is 7.99. The first-order valence-corrected chi connectivity index (χ1v) is 9.35. The van der Waals surface area contributed by atoms with Gasteiger partial charge in [-0.1, -0.05) is 33.6 Å². The predicted octanol–water partition coefficient (Wildman–Crippen LogP) is 2.57. The summed E-state index contributed by atoms with van der Waals surface area (Å²) >= 11 is 0. The summed E-state index contributed by atoms with van der Waals surface area (Å²) in [5, 5.41) is 5.83. The summed E-state index contributed by atoms with van der Waals surface area (Å²) in [5.74, 6) is 0.235. The van der Waals surface area contributed by atoms with Crippen LogP contribution in [0.4, 0.5) is 4.79 Å². The lowest BCUT2D eigenvalue weighted by molar-refractivity contribution is -0.135. The number of rotatable bonds is 7. The summed E-state index contributed by atoms with van der Waals surface area (Å²) < 4.78 is 0. The third kappa shape index (κ3) is 4.08. The van der Waals surface area contributed by atoms with Crippen molar-refractivity contribution in [3.8, 4) is 0 Å². The zero-order valence-electron chi connectivity index (χ0n) is 15.2. The van der Waals surface area contributed by atoms with Gasteiger partial charge in [0.05, 0.1) is 0 Å². The Labute approximate surface area is 144 Å². The Bertz CT molecular complexity index is 478. The highest BCUT2D eigenvalue weighted by atomic mass is 16.2. The maximum atomic E-state index is 12.8. The molecule has 6 heteroatoms. The molecule has 1 heterocycles. The Hall–Kier alpha value is -1.59. The van der Waals surface area contributed by atoms with Crippen LogP contribution in [0.15, 0.2) is 0 Å². The van der Waals surface area contributed by atoms with E-state index in [-0.39, 0.29) is 24.4 Å². The van der Waals surface area contributed by atoms with E-state index in [4.69, 9.17) is 0 Å². The predicted molar refractivity (Wildman–Crippen MR) is 92.4 cm³/mol. The SMILES string of the molecule is CCCC1(CCC)NC(=O)N(CC(=O)NC2CCC(C)CC2)C1=O. The fourth-order valence-corrected chi connectivity index (χ4v) is 3.96. The molecule has 0 unspecified atom stereocenters. The molecular weight excluding hydrogens is 306 g/mol. The average Bonchev–Trinajstić information content (AvgIpc) is 2.75. The highest BCUT2D eigenvalue weighted by Crippen LogP contribution is 2.28. The molecule has 1 saturated carbocycles. The van der Waals surface area contributed by atoms with Crippen molar-refractivity contribution < 1.29 is 14.4 Å². The van der Waals surface area contributed by atoms with Gasteiger partial charge in [0.1, 0.15) is 12.1 Å². The molecule has 1 aliphatic carbocycles. The topological polar surface area (TPSA) is 78.5 Å². The van der Waals surface area contributed by atoms with Gasteiger partial charge in [-0.2, -0.15) is 0 Å². The molecule has 6 nitrogen and oxygen atoms in total. The van der Waals surface area contributed by atoms with Gasteiger partial charge in [0.2, 0.25) is 5.91 Å². The Balaban J connectivity index is 1.95. The van der Waals surface area contributed by atoms with E-state index in [1.165, 1.54) is 0 Å². The molecule has 4 amide bonds. The van der Waals surface area contributed by atoms with Crippen molar-refractivity contribution in [1.29, 1.82) is 0 Å². The van der Waals surface area contributed by atoms with Gasteiger partial charge in [0.25, 0.3) is 5.91 Å². The molecule has 1 saturated heterocycles. The van der Waals surface area contributed by atoms with E-state index in [1.807, 2.05) is 13.8 Å². The van der Waals surface area contributed by atoms with Crippen molar-refractivity contribution in [2.45, 2.75) is 83.7 Å². The maximum absolute atomic E-state index is 12.8. The Morgan fingerprint density at radius 2 is 1.75 bits per heavy atom. The normalized spacial score (nSPS) is 26.4. The summed E-state index contributed by atoms with van der Waals surface area (Å²) in [6.07, 6.45) is 7.03. The Morgan fingerprint density at radius 3 is 2.29 bits per heavy atom. The standard InChI is InChI=1S/C18H31N3O3/c1-4-10-18(11-5-2)16(23)21(17(24)20-18)12-15(22)19-14-8-6-13(3)7-9-14/h13-14H,4-12H2,1-3H3,(H,19,22)(H,20,24). The van der Waals surface area contributed by atoms with Crippen molar-refractivity contribution in [2.24, 2.45) is 5.92 Å². The lowest BCUT2D eigenvalue weighted by atomic mass is 9.87. The summed E-state index contributed by atoms with van der Waals surface area (Å²) in [6.45, 7) is 6.05. The number of urea groups is 1. The molecular formula is C18H31N3O3. The molecule has 0 aromatic heterocycles. The van der Waals surface area contributed by atoms with Gasteiger partial charge in [0.15, 0.2) is 0 Å². The monoisotopic (exact) mass is 337 g/mol. The minimum Gasteiger partial charge on any atom is -0.352 e. The van der Waals surface area contributed by atoms with Gasteiger partial charge < -0.3 is 10.6 Å². The fourth-order valence-electron chi connectivity index (χ4n) is 3.96. The van der Waals surface area contributed by atoms with E-state index in [9.17, 15) is 14.4 Å². The number of carbonyl (C=O) groups excluding carboxylic acids is 3. The number of hydrogen-bond donors (Lipinski definition) is 2. The van der Waals surface area contributed by atoms with Crippen LogP contribution in [0.5, 0.6) is 0 Å². The minimum absolute atomic E-state index is 0.172. The Kier molecular flexibility index (Phi) is 6.24. The smallest absolute Gasteiger partial charge is 0.325 e. The molecule has 2 rings (SSSR count). The van der Waals surface area contributed by atoms with Gasteiger partial charge in [-0.25, -0.2) is 4.79 Å². The van der Waals surface area contributed by atoms with Gasteiger partial charge in [-0.3, -0.25) is 14.5 Å². The van der Waals surface area contributed by atoms with Crippen LogP contribution in [-0.4, -0.2) is 40.9 Å². The summed E-state index contributed by atoms with van der Waals surface area (Å²) in [4.78, 5) is 38.4. The largest absolute Gasteiger partial charge is 0.352 e. The molecule has 0 atom stereocenters. The third-order valence-corrected chi connectivity index (χ3v) is 5.28. The third-order valence-electron chi connectivity index (χ3n) is 5.28. The molecule has 2 N–H and O–H groups in total. The van der Waals surface area contributed by atoms with E-state index < -0.39 is 11.6 Å². The summed E-state index contributed by atoms with van der Waals surface area (Å²) in [6, 6.07) is -0.264. The number of carbonyl (C=O) groups is 3. The van der Waals surface area contributed by atoms with Crippen LogP contribution in [0, 0.1) is 5.92 Å². The zero-order chi connectivity index (χ0) is 17.7. The van der Waals surface area contributed by atoms with Gasteiger partial charge in [0, 0.05) is 6.04 Å². The van der Waals surface area contributed by atoms with Crippen LogP contribution in [0.25, 0.3) is 0 Å². The van der Waals surface area contributed by atoms with Crippen LogP contribution in [0.2, 0.25) is 0 Å². The van der Waals surface area contributed by atoms with Crippen LogP contribution in [0.3, 0.4) is 0 Å². The highest BCUT2D eigenvalue weighted by Gasteiger charge is 2.50. The average molecular weight is 337 g/mol. The number of imide groups is 1. The van der Waals surface area contributed by atoms with Crippen LogP contribution < -0.4 is 10.6 Å². The van der Waals surface area contributed by atoms with Crippen molar-refractivity contribution in [3.05, 3.63) is 0 Å². The lowest BCUT2D eigenvalue weighted by Gasteiger charge is -2.28. The minimum atomic E-state index is -0.818. The van der Waals surface area contributed by atoms with E-state index in [2.05, 4.69) is 17.6 Å². The molecule has 0 bridgehead atoms. The van der Waals surface area contributed by atoms with Crippen LogP contribution in [0.1, 0.15) is 72.1 Å². The first kappa shape index (κ1) is 18.7. The molecule has 0 spiro atoms. The molecule has 2 aliphatic rings. The summed E-state index contributed by atoms with van der Waals surface area (Å²) in [5.41, 5.74) is -0.818. The van der Waals surface area contributed by atoms with Gasteiger partial charge in [-0.05, 0) is 44.4 Å². The van der Waals surface area contributed by atoms with E-state index in [0.717, 1.165) is 43.4 Å². The van der Waals surface area contributed by atoms with Crippen molar-refractivity contribution in [2.75, 3.05) is 6.54 Å². The van der Waals surface area contributed by atoms with Gasteiger partial charge >= 0.3 is 6.03 Å². The number of hydrogen-bond acceptors (Lipinski definition) is 3. The van der Waals surface area contributed by atoms with Crippen LogP contribution in [-0.2, 0) is 9.59 Å². The van der Waals surface area contributed by atoms with Crippen molar-refractivity contribution in [1.82, 2.24) is 15.5 Å². The quantitative estimate of drug-likeness (QED) is 0.701. The Morgan fingerprint density at radius 1 is 1.17 bits per heavy atom. The first-order valence-electron chi connectivity index (χ1n) is 9.35. The molecule has 0 radical (unpaired) electrons. The first-order chi connectivity index (χ1) is 11.4. The van der Waals surface area contributed by atoms with Crippen LogP contribution >= 0.6 is 0 Å². The molecule has 0 aromatic carbocycles. The lowest BCUT2D eigenvalue weighted by Crippen LogP contribution is -2.48. The second-order valence-electron chi connectivity index (χ2n) is 7.43. The summed E-state index contributed by atoms with van der Waals surface area (Å²) in [7, 11) is 0. The molecule has 136 valence electrons. The van der Waals surface area contributed by atoms with E-state index >= 15 is 0 Å². The second-order valence-corrected chi connectivity index (χ2v) is 7.43. The molecule has 0 aromatic rings. The number of amides is 4. The number of nitrogens with one attached hydrogen (secondary N) is 2. The fraction of sp³-hybridized carbons (Fsp3) is 0.833. The number of nitrogens with zero attached hydrogens (tertiary/aromatic N) is 1. The van der Waals surface area contributed by atoms with Crippen molar-refractivity contribution >= 4 is 17.8 Å². The van der Waals surface area contributed by atoms with E-state index in [1.54, 1.807) is 0 Å². The molecule has 2 fully saturated rings. The molecule has 24 heavy (non-hydrogen) atoms. The maximum Gasteiger partial charge on any atom is 0.325 e. The molecule has 1 aliphatic heterocycles. The van der Waals surface area contributed by atoms with E-state index in [0.29, 0.717) is 18.8 Å². The van der Waals surface area contributed by atoms with Crippen molar-refractivity contribution in [3.63, 3.8) is 0 Å². The highest BCUT2D eigenvalue weighted by molar-refractivity contribution is 6.09. The zero-order valence-corrected chi connectivity index (χ0v) is 15.2.